The van der Waals surface area contributed by atoms with Crippen molar-refractivity contribution in [2.24, 2.45) is 0 Å². The zero-order chi connectivity index (χ0) is 15.4. The third-order valence-corrected chi connectivity index (χ3v) is 3.89. The highest BCUT2D eigenvalue weighted by molar-refractivity contribution is 5.47. The molecular weight excluding hydrogens is 272 g/mol. The van der Waals surface area contributed by atoms with Crippen molar-refractivity contribution in [2.45, 2.75) is 5.60 Å². The molecule has 3 aromatic carbocycles. The Morgan fingerprint density at radius 2 is 1.05 bits per heavy atom. The van der Waals surface area contributed by atoms with Crippen LogP contribution in [-0.2, 0) is 5.60 Å². The zero-order valence-corrected chi connectivity index (χ0v) is 12.4. The van der Waals surface area contributed by atoms with Gasteiger partial charge in [0.05, 0.1) is 7.11 Å². The van der Waals surface area contributed by atoms with Crippen LogP contribution in [0, 0.1) is 0 Å². The highest BCUT2D eigenvalue weighted by Gasteiger charge is 2.33. The molecule has 0 heterocycles. The number of benzene rings is 3. The van der Waals surface area contributed by atoms with Crippen LogP contribution in [0.3, 0.4) is 0 Å². The lowest BCUT2D eigenvalue weighted by atomic mass is 9.80. The Labute approximate surface area is 130 Å². The molecular formula is C20H18O2. The normalized spacial score (nSPS) is 11.2. The second-order valence-corrected chi connectivity index (χ2v) is 5.17. The van der Waals surface area contributed by atoms with Gasteiger partial charge >= 0.3 is 0 Å². The summed E-state index contributed by atoms with van der Waals surface area (Å²) in [6.45, 7) is 0. The number of hydrogen-bond acceptors (Lipinski definition) is 2. The van der Waals surface area contributed by atoms with Crippen molar-refractivity contribution in [3.63, 3.8) is 0 Å². The largest absolute Gasteiger partial charge is 0.497 e. The molecule has 0 aliphatic rings. The predicted molar refractivity (Wildman–Crippen MR) is 88.0 cm³/mol. The summed E-state index contributed by atoms with van der Waals surface area (Å²) >= 11 is 0. The summed E-state index contributed by atoms with van der Waals surface area (Å²) in [7, 11) is 1.63. The molecule has 2 heteroatoms. The van der Waals surface area contributed by atoms with E-state index in [1.54, 1.807) is 7.11 Å². The minimum Gasteiger partial charge on any atom is -0.497 e. The lowest BCUT2D eigenvalue weighted by molar-refractivity contribution is 0.125. The smallest absolute Gasteiger partial charge is 0.140 e. The van der Waals surface area contributed by atoms with Crippen molar-refractivity contribution >= 4 is 0 Å². The monoisotopic (exact) mass is 290 g/mol. The molecule has 0 saturated carbocycles. The van der Waals surface area contributed by atoms with Crippen LogP contribution in [0.25, 0.3) is 0 Å². The van der Waals surface area contributed by atoms with Gasteiger partial charge in [-0.3, -0.25) is 0 Å². The summed E-state index contributed by atoms with van der Waals surface area (Å²) in [6, 6.07) is 26.9. The predicted octanol–water partition coefficient (Wildman–Crippen LogP) is 3.98. The molecule has 22 heavy (non-hydrogen) atoms. The molecule has 110 valence electrons. The fourth-order valence-corrected chi connectivity index (χ4v) is 2.69. The van der Waals surface area contributed by atoms with Crippen LogP contribution in [0.1, 0.15) is 16.7 Å². The van der Waals surface area contributed by atoms with Gasteiger partial charge in [0, 0.05) is 0 Å². The molecule has 2 nitrogen and oxygen atoms in total. The van der Waals surface area contributed by atoms with Crippen LogP contribution in [0.15, 0.2) is 84.9 Å². The maximum Gasteiger partial charge on any atom is 0.140 e. The molecule has 0 aliphatic heterocycles. The van der Waals surface area contributed by atoms with E-state index in [0.717, 1.165) is 22.4 Å². The minimum atomic E-state index is -1.19. The van der Waals surface area contributed by atoms with Gasteiger partial charge in [0.15, 0.2) is 0 Å². The van der Waals surface area contributed by atoms with Gasteiger partial charge in [-0.05, 0) is 28.8 Å². The third-order valence-electron chi connectivity index (χ3n) is 3.89. The Bertz CT molecular complexity index is 679. The van der Waals surface area contributed by atoms with Gasteiger partial charge < -0.3 is 9.84 Å². The molecule has 0 fully saturated rings. The van der Waals surface area contributed by atoms with E-state index in [1.165, 1.54) is 0 Å². The van der Waals surface area contributed by atoms with E-state index in [0.29, 0.717) is 0 Å². The van der Waals surface area contributed by atoms with Crippen LogP contribution in [-0.4, -0.2) is 12.2 Å². The lowest BCUT2D eigenvalue weighted by Crippen LogP contribution is -2.28. The third kappa shape index (κ3) is 2.49. The van der Waals surface area contributed by atoms with Gasteiger partial charge in [-0.1, -0.05) is 72.8 Å². The highest BCUT2D eigenvalue weighted by Crippen LogP contribution is 2.36. The first-order valence-electron chi connectivity index (χ1n) is 7.23. The Morgan fingerprint density at radius 3 is 1.45 bits per heavy atom. The van der Waals surface area contributed by atoms with Crippen molar-refractivity contribution in [1.29, 1.82) is 0 Å². The van der Waals surface area contributed by atoms with E-state index < -0.39 is 5.60 Å². The first-order chi connectivity index (χ1) is 10.7. The summed E-state index contributed by atoms with van der Waals surface area (Å²) in [6.07, 6.45) is 0. The minimum absolute atomic E-state index is 0.771. The van der Waals surface area contributed by atoms with Crippen molar-refractivity contribution in [3.05, 3.63) is 102 Å². The fraction of sp³-hybridized carbons (Fsp3) is 0.100. The molecule has 0 bridgehead atoms. The van der Waals surface area contributed by atoms with E-state index >= 15 is 0 Å². The first-order valence-corrected chi connectivity index (χ1v) is 7.23. The van der Waals surface area contributed by atoms with Crippen molar-refractivity contribution in [2.75, 3.05) is 7.11 Å². The van der Waals surface area contributed by atoms with Crippen LogP contribution in [0.4, 0.5) is 0 Å². The molecule has 1 N–H and O–H groups in total. The standard InChI is InChI=1S/C20H18O2/c1-22-19-14-12-18(13-15-19)20(21,16-8-4-2-5-9-16)17-10-6-3-7-11-17/h2-15,21H,1H3. The summed E-state index contributed by atoms with van der Waals surface area (Å²) in [4.78, 5) is 0. The number of rotatable bonds is 4. The van der Waals surface area contributed by atoms with Crippen LogP contribution in [0.5, 0.6) is 5.75 Å². The fourth-order valence-electron chi connectivity index (χ4n) is 2.69. The lowest BCUT2D eigenvalue weighted by Gasteiger charge is -2.30. The van der Waals surface area contributed by atoms with Crippen LogP contribution >= 0.6 is 0 Å². The summed E-state index contributed by atoms with van der Waals surface area (Å²) < 4.78 is 5.21. The van der Waals surface area contributed by atoms with Gasteiger partial charge in [0.2, 0.25) is 0 Å². The summed E-state index contributed by atoms with van der Waals surface area (Å²) in [5.74, 6) is 0.771. The Morgan fingerprint density at radius 1 is 0.636 bits per heavy atom. The van der Waals surface area contributed by atoms with Crippen molar-refractivity contribution in [3.8, 4) is 5.75 Å². The van der Waals surface area contributed by atoms with Crippen molar-refractivity contribution in [1.82, 2.24) is 0 Å². The SMILES string of the molecule is COc1ccc(C(O)(c2ccccc2)c2ccccc2)cc1. The maximum atomic E-state index is 11.5. The van der Waals surface area contributed by atoms with E-state index in [9.17, 15) is 5.11 Å². The topological polar surface area (TPSA) is 29.5 Å². The molecule has 0 amide bonds. The maximum absolute atomic E-state index is 11.5. The quantitative estimate of drug-likeness (QED) is 0.736. The van der Waals surface area contributed by atoms with Crippen LogP contribution < -0.4 is 4.74 Å². The molecule has 0 saturated heterocycles. The van der Waals surface area contributed by atoms with E-state index in [4.69, 9.17) is 4.74 Å². The van der Waals surface area contributed by atoms with Gasteiger partial charge in [-0.15, -0.1) is 0 Å². The Balaban J connectivity index is 2.18. The number of hydrogen-bond donors (Lipinski definition) is 1. The van der Waals surface area contributed by atoms with Crippen LogP contribution in [0.2, 0.25) is 0 Å². The molecule has 0 unspecified atom stereocenters. The first kappa shape index (κ1) is 14.4. The molecule has 3 aromatic rings. The second-order valence-electron chi connectivity index (χ2n) is 5.17. The zero-order valence-electron chi connectivity index (χ0n) is 12.4. The molecule has 0 aliphatic carbocycles. The number of aliphatic hydroxyl groups is 1. The van der Waals surface area contributed by atoms with E-state index in [1.807, 2.05) is 84.9 Å². The second kappa shape index (κ2) is 6.04. The Hall–Kier alpha value is -2.58. The molecule has 0 radical (unpaired) electrons. The van der Waals surface area contributed by atoms with Crippen molar-refractivity contribution < 1.29 is 9.84 Å². The summed E-state index contributed by atoms with van der Waals surface area (Å²) in [5.41, 5.74) is 1.30. The highest BCUT2D eigenvalue weighted by atomic mass is 16.5. The van der Waals surface area contributed by atoms with Gasteiger partial charge in [0.25, 0.3) is 0 Å². The van der Waals surface area contributed by atoms with Gasteiger partial charge in [0.1, 0.15) is 11.4 Å². The van der Waals surface area contributed by atoms with E-state index in [-0.39, 0.29) is 0 Å². The molecule has 0 spiro atoms. The van der Waals surface area contributed by atoms with E-state index in [2.05, 4.69) is 0 Å². The molecule has 3 rings (SSSR count). The average Bonchev–Trinajstić information content (AvgIpc) is 2.62. The Kier molecular flexibility index (Phi) is 3.94. The molecule has 0 atom stereocenters. The number of ether oxygens (including phenoxy) is 1. The summed E-state index contributed by atoms with van der Waals surface area (Å²) in [5, 5.41) is 11.5. The van der Waals surface area contributed by atoms with Gasteiger partial charge in [-0.25, -0.2) is 0 Å². The number of methoxy groups -OCH3 is 1. The molecule has 0 aromatic heterocycles. The van der Waals surface area contributed by atoms with Gasteiger partial charge in [-0.2, -0.15) is 0 Å². The average molecular weight is 290 g/mol.